The van der Waals surface area contributed by atoms with Crippen LogP contribution >= 0.6 is 24.0 Å². The molecule has 23 heavy (non-hydrogen) atoms. The second-order valence-electron chi connectivity index (χ2n) is 5.26. The Morgan fingerprint density at radius 2 is 1.91 bits per heavy atom. The minimum Gasteiger partial charge on any atom is -0.508 e. The van der Waals surface area contributed by atoms with Crippen LogP contribution in [0.3, 0.4) is 0 Å². The van der Waals surface area contributed by atoms with Gasteiger partial charge in [0.25, 0.3) is 0 Å². The van der Waals surface area contributed by atoms with Crippen LogP contribution < -0.4 is 10.2 Å². The molecule has 0 radical (unpaired) electrons. The number of hydrogen-bond acceptors (Lipinski definition) is 5. The van der Waals surface area contributed by atoms with Gasteiger partial charge >= 0.3 is 0 Å². The number of nitrogens with one attached hydrogen (secondary N) is 1. The average Bonchev–Trinajstić information content (AvgIpc) is 2.82. The average molecular weight is 344 g/mol. The summed E-state index contributed by atoms with van der Waals surface area (Å²) in [5.74, 6) is 0.128. The van der Waals surface area contributed by atoms with Crippen LogP contribution in [0.15, 0.2) is 48.5 Å². The molecule has 1 aliphatic rings. The lowest BCUT2D eigenvalue weighted by Crippen LogP contribution is -2.33. The molecule has 0 saturated carbocycles. The first-order chi connectivity index (χ1) is 11.1. The van der Waals surface area contributed by atoms with Crippen molar-refractivity contribution in [1.29, 1.82) is 0 Å². The molecule has 3 rings (SSSR count). The topological polar surface area (TPSA) is 52.6 Å². The number of carbonyl (C=O) groups excluding carboxylic acids is 1. The van der Waals surface area contributed by atoms with E-state index < -0.39 is 0 Å². The highest BCUT2D eigenvalue weighted by Crippen LogP contribution is 2.33. The second kappa shape index (κ2) is 6.60. The number of thioether (sulfide) groups is 1. The summed E-state index contributed by atoms with van der Waals surface area (Å²) in [6.45, 7) is 2.54. The summed E-state index contributed by atoms with van der Waals surface area (Å²) in [6, 6.07) is 14.5. The van der Waals surface area contributed by atoms with Crippen LogP contribution in [0.2, 0.25) is 0 Å². The SMILES string of the molecule is Cc1ccccc1NCC1SC(=S)N(c2ccc(O)cc2)C1=O. The molecule has 0 aromatic heterocycles. The predicted molar refractivity (Wildman–Crippen MR) is 99.2 cm³/mol. The standard InChI is InChI=1S/C17H16N2O2S2/c1-11-4-2-3-5-14(11)18-10-15-16(21)19(17(22)23-15)12-6-8-13(20)9-7-12/h2-9,15,18,20H,10H2,1H3. The van der Waals surface area contributed by atoms with Crippen molar-refractivity contribution in [3.8, 4) is 5.75 Å². The first-order valence-electron chi connectivity index (χ1n) is 7.19. The number of phenols is 1. The summed E-state index contributed by atoms with van der Waals surface area (Å²) in [4.78, 5) is 14.2. The second-order valence-corrected chi connectivity index (χ2v) is 7.09. The van der Waals surface area contributed by atoms with Crippen molar-refractivity contribution in [2.75, 3.05) is 16.8 Å². The van der Waals surface area contributed by atoms with Gasteiger partial charge in [-0.25, -0.2) is 0 Å². The number of thiocarbonyl (C=S) groups is 1. The lowest BCUT2D eigenvalue weighted by Gasteiger charge is -2.16. The van der Waals surface area contributed by atoms with E-state index >= 15 is 0 Å². The predicted octanol–water partition coefficient (Wildman–Crippen LogP) is 3.55. The highest BCUT2D eigenvalue weighted by atomic mass is 32.2. The van der Waals surface area contributed by atoms with Gasteiger partial charge < -0.3 is 10.4 Å². The molecule has 1 fully saturated rings. The quantitative estimate of drug-likeness (QED) is 0.831. The van der Waals surface area contributed by atoms with Gasteiger partial charge in [-0.2, -0.15) is 0 Å². The number of aromatic hydroxyl groups is 1. The number of benzene rings is 2. The molecule has 1 amide bonds. The zero-order chi connectivity index (χ0) is 16.4. The fourth-order valence-electron chi connectivity index (χ4n) is 2.40. The summed E-state index contributed by atoms with van der Waals surface area (Å²) < 4.78 is 0.539. The Morgan fingerprint density at radius 1 is 1.22 bits per heavy atom. The van der Waals surface area contributed by atoms with Crippen LogP contribution in [0, 0.1) is 6.92 Å². The molecule has 1 heterocycles. The van der Waals surface area contributed by atoms with Gasteiger partial charge in [-0.1, -0.05) is 42.2 Å². The number of para-hydroxylation sites is 1. The summed E-state index contributed by atoms with van der Waals surface area (Å²) in [6.07, 6.45) is 0. The molecule has 6 heteroatoms. The zero-order valence-corrected chi connectivity index (χ0v) is 14.2. The first kappa shape index (κ1) is 15.8. The minimum atomic E-state index is -0.254. The molecule has 0 bridgehead atoms. The Morgan fingerprint density at radius 3 is 2.61 bits per heavy atom. The molecule has 0 spiro atoms. The Kier molecular flexibility index (Phi) is 4.54. The van der Waals surface area contributed by atoms with E-state index in [4.69, 9.17) is 12.2 Å². The third-order valence-electron chi connectivity index (χ3n) is 3.65. The largest absolute Gasteiger partial charge is 0.508 e. The first-order valence-corrected chi connectivity index (χ1v) is 8.48. The maximum atomic E-state index is 12.6. The fourth-order valence-corrected chi connectivity index (χ4v) is 3.86. The maximum Gasteiger partial charge on any atom is 0.247 e. The van der Waals surface area contributed by atoms with Crippen molar-refractivity contribution in [1.82, 2.24) is 0 Å². The van der Waals surface area contributed by atoms with E-state index in [0.29, 0.717) is 16.6 Å². The van der Waals surface area contributed by atoms with Crippen molar-refractivity contribution in [2.45, 2.75) is 12.2 Å². The molecule has 1 saturated heterocycles. The summed E-state index contributed by atoms with van der Waals surface area (Å²) in [7, 11) is 0. The fraction of sp³-hybridized carbons (Fsp3) is 0.176. The number of rotatable bonds is 4. The van der Waals surface area contributed by atoms with Crippen LogP contribution in [0.25, 0.3) is 0 Å². The highest BCUT2D eigenvalue weighted by Gasteiger charge is 2.37. The van der Waals surface area contributed by atoms with Gasteiger partial charge in [-0.05, 0) is 42.8 Å². The molecule has 2 aromatic carbocycles. The van der Waals surface area contributed by atoms with Crippen LogP contribution in [0.4, 0.5) is 11.4 Å². The van der Waals surface area contributed by atoms with Gasteiger partial charge in [-0.15, -0.1) is 0 Å². The Hall–Kier alpha value is -2.05. The third kappa shape index (κ3) is 3.33. The van der Waals surface area contributed by atoms with E-state index in [1.165, 1.54) is 16.7 Å². The van der Waals surface area contributed by atoms with Gasteiger partial charge in [0.1, 0.15) is 15.3 Å². The zero-order valence-electron chi connectivity index (χ0n) is 12.5. The Labute approximate surface area is 144 Å². The smallest absolute Gasteiger partial charge is 0.247 e. The van der Waals surface area contributed by atoms with E-state index in [1.54, 1.807) is 24.3 Å². The number of amides is 1. The van der Waals surface area contributed by atoms with Crippen LogP contribution in [0.5, 0.6) is 5.75 Å². The number of aryl methyl sites for hydroxylation is 1. The molecule has 2 aromatic rings. The van der Waals surface area contributed by atoms with Crippen molar-refractivity contribution in [3.63, 3.8) is 0 Å². The number of phenolic OH excluding ortho intramolecular Hbond substituents is 1. The van der Waals surface area contributed by atoms with E-state index in [1.807, 2.05) is 31.2 Å². The van der Waals surface area contributed by atoms with Crippen LogP contribution in [-0.4, -0.2) is 27.1 Å². The minimum absolute atomic E-state index is 0.0354. The van der Waals surface area contributed by atoms with Gasteiger partial charge in [-0.3, -0.25) is 9.69 Å². The van der Waals surface area contributed by atoms with E-state index in [9.17, 15) is 9.90 Å². The van der Waals surface area contributed by atoms with Crippen molar-refractivity contribution in [2.24, 2.45) is 0 Å². The maximum absolute atomic E-state index is 12.6. The monoisotopic (exact) mass is 344 g/mol. The van der Waals surface area contributed by atoms with Gasteiger partial charge in [0.15, 0.2) is 0 Å². The van der Waals surface area contributed by atoms with Gasteiger partial charge in [0.05, 0.1) is 5.69 Å². The number of nitrogens with zero attached hydrogens (tertiary/aromatic N) is 1. The molecule has 1 aliphatic heterocycles. The summed E-state index contributed by atoms with van der Waals surface area (Å²) in [5.41, 5.74) is 2.85. The normalized spacial score (nSPS) is 17.6. The molecule has 0 aliphatic carbocycles. The number of hydrogen-bond donors (Lipinski definition) is 2. The van der Waals surface area contributed by atoms with Crippen molar-refractivity contribution in [3.05, 3.63) is 54.1 Å². The summed E-state index contributed by atoms with van der Waals surface area (Å²) in [5, 5.41) is 12.4. The number of anilines is 2. The molecule has 2 N–H and O–H groups in total. The number of carbonyl (C=O) groups is 1. The summed E-state index contributed by atoms with van der Waals surface area (Å²) >= 11 is 6.73. The molecular weight excluding hydrogens is 328 g/mol. The molecule has 4 nitrogen and oxygen atoms in total. The lowest BCUT2D eigenvalue weighted by molar-refractivity contribution is -0.116. The van der Waals surface area contributed by atoms with E-state index in [-0.39, 0.29) is 16.9 Å². The van der Waals surface area contributed by atoms with Crippen molar-refractivity contribution >= 4 is 45.6 Å². The Bertz CT molecular complexity index is 747. The van der Waals surface area contributed by atoms with Crippen molar-refractivity contribution < 1.29 is 9.90 Å². The Balaban J connectivity index is 1.71. The highest BCUT2D eigenvalue weighted by molar-refractivity contribution is 8.25. The van der Waals surface area contributed by atoms with Gasteiger partial charge in [0, 0.05) is 12.2 Å². The van der Waals surface area contributed by atoms with Crippen LogP contribution in [0.1, 0.15) is 5.56 Å². The van der Waals surface area contributed by atoms with Crippen LogP contribution in [-0.2, 0) is 4.79 Å². The van der Waals surface area contributed by atoms with E-state index in [2.05, 4.69) is 5.32 Å². The molecular formula is C17H16N2O2S2. The lowest BCUT2D eigenvalue weighted by atomic mass is 10.2. The van der Waals surface area contributed by atoms with Gasteiger partial charge in [0.2, 0.25) is 5.91 Å². The molecule has 1 unspecified atom stereocenters. The third-order valence-corrected chi connectivity index (χ3v) is 5.16. The molecule has 1 atom stereocenters. The van der Waals surface area contributed by atoms with E-state index in [0.717, 1.165) is 11.3 Å². The molecule has 118 valence electrons.